The Kier molecular flexibility index (Phi) is 7.97. The molecule has 50 heavy (non-hydrogen) atoms. The third-order valence-electron chi connectivity index (χ3n) is 9.58. The molecule has 3 aliphatic heterocycles. The van der Waals surface area contributed by atoms with Crippen molar-refractivity contribution < 1.29 is 28.5 Å². The zero-order valence-electron chi connectivity index (χ0n) is 28.4. The lowest BCUT2D eigenvalue weighted by molar-refractivity contribution is -0.191. The van der Waals surface area contributed by atoms with Crippen molar-refractivity contribution in [3.05, 3.63) is 108 Å². The summed E-state index contributed by atoms with van der Waals surface area (Å²) in [4.78, 5) is 26.7. The number of carbonyl (C=O) groups is 1. The number of anilines is 1. The van der Waals surface area contributed by atoms with Crippen molar-refractivity contribution in [2.75, 3.05) is 12.3 Å². The Balaban J connectivity index is 1.03. The van der Waals surface area contributed by atoms with Gasteiger partial charge in [0.05, 0.1) is 17.8 Å². The minimum Gasteiger partial charge on any atom is -0.444 e. The lowest BCUT2D eigenvalue weighted by Gasteiger charge is -2.34. The van der Waals surface area contributed by atoms with Crippen molar-refractivity contribution in [1.82, 2.24) is 24.8 Å². The molecule has 0 saturated carbocycles. The van der Waals surface area contributed by atoms with Gasteiger partial charge in [0.1, 0.15) is 30.2 Å². The number of hydrogen-bond donors (Lipinski definition) is 2. The maximum Gasteiger partial charge on any atom is 0.284 e. The van der Waals surface area contributed by atoms with E-state index in [4.69, 9.17) is 29.4 Å². The number of benzene rings is 2. The zero-order valence-corrected chi connectivity index (χ0v) is 28.4. The van der Waals surface area contributed by atoms with Crippen LogP contribution in [-0.4, -0.2) is 56.1 Å². The summed E-state index contributed by atoms with van der Waals surface area (Å²) < 4.78 is 34.4. The Bertz CT molecular complexity index is 2020. The molecule has 3 N–H and O–H groups in total. The molecule has 8 rings (SSSR count). The van der Waals surface area contributed by atoms with Crippen LogP contribution in [0.1, 0.15) is 67.7 Å². The summed E-state index contributed by atoms with van der Waals surface area (Å²) in [5, 5.41) is 3.05. The van der Waals surface area contributed by atoms with Gasteiger partial charge in [-0.2, -0.15) is 0 Å². The number of carbonyl (C=O) groups excluding carboxylic acids is 1. The van der Waals surface area contributed by atoms with Gasteiger partial charge in [-0.1, -0.05) is 80.6 Å². The number of amides is 1. The van der Waals surface area contributed by atoms with Gasteiger partial charge < -0.3 is 34.7 Å². The van der Waals surface area contributed by atoms with E-state index in [-0.39, 0.29) is 30.1 Å². The third kappa shape index (κ3) is 5.53. The molecular weight excluding hydrogens is 636 g/mol. The van der Waals surface area contributed by atoms with E-state index in [2.05, 4.69) is 46.3 Å². The van der Waals surface area contributed by atoms with Gasteiger partial charge in [-0.05, 0) is 43.9 Å². The van der Waals surface area contributed by atoms with Crippen LogP contribution in [0.3, 0.4) is 0 Å². The normalized spacial score (nSPS) is 27.8. The quantitative estimate of drug-likeness (QED) is 0.223. The summed E-state index contributed by atoms with van der Waals surface area (Å²) in [7, 11) is 0. The fourth-order valence-electron chi connectivity index (χ4n) is 7.15. The summed E-state index contributed by atoms with van der Waals surface area (Å²) in [6, 6.07) is 13.8. The standard InChI is InChI=1S/C38H40N6O6/c1-22(2)23-18-26(30-28(19-23)47-38(50-30,24-12-7-5-8-13-24)25-14-9-6-10-15-25)35(45)40-17-11-16-27-31-32(49-37(3,4)48-31)36(46-27)44-21-43-29-33(39)41-20-42-34(29)44/h5-14,16,18-22,25,27,31-32,36H,15,17H2,1-4H3,(H,40,45)(H2,39,41,42)/b16-11+/t25?,27-,31?,32?,36-,38?/m1/s1. The van der Waals surface area contributed by atoms with E-state index in [1.807, 2.05) is 80.6 Å². The van der Waals surface area contributed by atoms with Gasteiger partial charge in [0.25, 0.3) is 11.7 Å². The van der Waals surface area contributed by atoms with Gasteiger partial charge in [0.15, 0.2) is 35.0 Å². The minimum absolute atomic E-state index is 0.0976. The third-order valence-corrected chi connectivity index (χ3v) is 9.58. The fraction of sp³-hybridized carbons (Fsp3) is 0.368. The Labute approximate surface area is 289 Å². The topological polar surface area (TPSA) is 145 Å². The van der Waals surface area contributed by atoms with Crippen LogP contribution in [0.15, 0.2) is 91.6 Å². The number of nitrogens with zero attached hydrogens (tertiary/aromatic N) is 4. The highest BCUT2D eigenvalue weighted by molar-refractivity contribution is 5.98. The van der Waals surface area contributed by atoms with Crippen molar-refractivity contribution in [2.45, 2.75) is 76.1 Å². The van der Waals surface area contributed by atoms with Crippen LogP contribution in [0.5, 0.6) is 11.5 Å². The number of allylic oxidation sites excluding steroid dienone is 3. The first-order valence-electron chi connectivity index (χ1n) is 17.0. The Morgan fingerprint density at radius 2 is 1.90 bits per heavy atom. The van der Waals surface area contributed by atoms with E-state index in [9.17, 15) is 4.79 Å². The average Bonchev–Trinajstić information content (AvgIpc) is 3.88. The van der Waals surface area contributed by atoms with E-state index in [1.54, 1.807) is 10.9 Å². The first kappa shape index (κ1) is 32.2. The second-order valence-electron chi connectivity index (χ2n) is 13.7. The average molecular weight is 677 g/mol. The number of hydrogen-bond acceptors (Lipinski definition) is 10. The van der Waals surface area contributed by atoms with Gasteiger partial charge >= 0.3 is 0 Å². The van der Waals surface area contributed by atoms with Gasteiger partial charge in [-0.3, -0.25) is 9.36 Å². The highest BCUT2D eigenvalue weighted by Gasteiger charge is 2.55. The van der Waals surface area contributed by atoms with Crippen molar-refractivity contribution in [1.29, 1.82) is 0 Å². The highest BCUT2D eigenvalue weighted by atomic mass is 16.8. The summed E-state index contributed by atoms with van der Waals surface area (Å²) in [5.41, 5.74) is 9.35. The molecule has 258 valence electrons. The molecule has 12 heteroatoms. The van der Waals surface area contributed by atoms with Crippen molar-refractivity contribution in [3.63, 3.8) is 0 Å². The summed E-state index contributed by atoms with van der Waals surface area (Å²) in [6.07, 6.45) is 13.9. The van der Waals surface area contributed by atoms with Crippen LogP contribution in [0.25, 0.3) is 11.2 Å². The Morgan fingerprint density at radius 3 is 2.68 bits per heavy atom. The fourth-order valence-corrected chi connectivity index (χ4v) is 7.15. The molecule has 4 unspecified atom stereocenters. The number of imidazole rings is 1. The van der Waals surface area contributed by atoms with Crippen LogP contribution in [-0.2, 0) is 20.0 Å². The van der Waals surface area contributed by atoms with Crippen LogP contribution in [0.4, 0.5) is 5.82 Å². The molecule has 2 saturated heterocycles. The number of aromatic nitrogens is 4. The Morgan fingerprint density at radius 1 is 1.08 bits per heavy atom. The Hall–Kier alpha value is -5.04. The second-order valence-corrected chi connectivity index (χ2v) is 13.7. The molecule has 0 spiro atoms. The van der Waals surface area contributed by atoms with Crippen LogP contribution < -0.4 is 20.5 Å². The van der Waals surface area contributed by atoms with Crippen LogP contribution >= 0.6 is 0 Å². The van der Waals surface area contributed by atoms with E-state index in [0.29, 0.717) is 28.2 Å². The number of nitrogens with one attached hydrogen (secondary N) is 1. The molecule has 6 atom stereocenters. The maximum atomic E-state index is 13.9. The van der Waals surface area contributed by atoms with Gasteiger partial charge in [-0.25, -0.2) is 15.0 Å². The SMILES string of the molecule is CC(C)c1cc2c(c(C(=O)NC/C=C/[C@H]3O[C@@H](n4cnc5c(N)ncnc54)C4OC(C)(C)OC43)c1)OC(c1ccccc1)(C1C=CC=CC1)O2. The van der Waals surface area contributed by atoms with Crippen molar-refractivity contribution >= 4 is 22.9 Å². The summed E-state index contributed by atoms with van der Waals surface area (Å²) in [6.45, 7) is 8.17. The molecule has 4 aromatic rings. The molecule has 0 radical (unpaired) electrons. The highest BCUT2D eigenvalue weighted by Crippen LogP contribution is 2.52. The number of nitrogen functional groups attached to an aromatic ring is 1. The predicted molar refractivity (Wildman–Crippen MR) is 185 cm³/mol. The van der Waals surface area contributed by atoms with Crippen molar-refractivity contribution in [3.8, 4) is 11.5 Å². The minimum atomic E-state index is -1.11. The molecule has 2 aromatic carbocycles. The molecule has 2 aromatic heterocycles. The summed E-state index contributed by atoms with van der Waals surface area (Å²) >= 11 is 0. The largest absolute Gasteiger partial charge is 0.444 e. The number of fused-ring (bicyclic) bond motifs is 3. The van der Waals surface area contributed by atoms with E-state index < -0.39 is 36.1 Å². The molecule has 4 aliphatic rings. The molecule has 12 nitrogen and oxygen atoms in total. The van der Waals surface area contributed by atoms with Gasteiger partial charge in [0.2, 0.25) is 0 Å². The zero-order chi connectivity index (χ0) is 34.6. The van der Waals surface area contributed by atoms with Crippen LogP contribution in [0.2, 0.25) is 0 Å². The van der Waals surface area contributed by atoms with E-state index >= 15 is 0 Å². The van der Waals surface area contributed by atoms with Crippen LogP contribution in [0, 0.1) is 5.92 Å². The van der Waals surface area contributed by atoms with E-state index in [0.717, 1.165) is 17.5 Å². The van der Waals surface area contributed by atoms with Crippen molar-refractivity contribution in [2.24, 2.45) is 5.92 Å². The molecule has 5 heterocycles. The maximum absolute atomic E-state index is 13.9. The molecular formula is C38H40N6O6. The first-order valence-corrected chi connectivity index (χ1v) is 17.0. The lowest BCUT2D eigenvalue weighted by atomic mass is 9.86. The molecule has 1 aliphatic carbocycles. The monoisotopic (exact) mass is 676 g/mol. The number of ether oxygens (including phenoxy) is 5. The predicted octanol–water partition coefficient (Wildman–Crippen LogP) is 5.69. The lowest BCUT2D eigenvalue weighted by Crippen LogP contribution is -2.43. The smallest absolute Gasteiger partial charge is 0.284 e. The number of nitrogens with two attached hydrogens (primary N) is 1. The second kappa shape index (κ2) is 12.4. The molecule has 1 amide bonds. The number of rotatable bonds is 8. The van der Waals surface area contributed by atoms with Gasteiger partial charge in [-0.15, -0.1) is 0 Å². The molecule has 0 bridgehead atoms. The van der Waals surface area contributed by atoms with E-state index in [1.165, 1.54) is 6.33 Å². The molecule has 2 fully saturated rings. The summed E-state index contributed by atoms with van der Waals surface area (Å²) in [5.74, 6) is -0.861. The van der Waals surface area contributed by atoms with Gasteiger partial charge in [0, 0.05) is 12.1 Å². The first-order chi connectivity index (χ1) is 24.1.